The maximum Gasteiger partial charge on any atom is 0.378 e. The summed E-state index contributed by atoms with van der Waals surface area (Å²) in [6.45, 7) is -0.423. The van der Waals surface area contributed by atoms with Crippen molar-refractivity contribution < 1.29 is 14.3 Å². The second-order valence-corrected chi connectivity index (χ2v) is 7.87. The van der Waals surface area contributed by atoms with Crippen LogP contribution in [0.1, 0.15) is 21.0 Å². The first-order chi connectivity index (χ1) is 15.0. The lowest BCUT2D eigenvalue weighted by atomic mass is 10.1. The Bertz CT molecular complexity index is 1220. The third-order valence-corrected chi connectivity index (χ3v) is 5.17. The van der Waals surface area contributed by atoms with Crippen LogP contribution in [0, 0.1) is 0 Å². The number of rotatable bonds is 6. The molecule has 0 aliphatic rings. The molecule has 0 aliphatic heterocycles. The molecule has 0 atom stereocenters. The predicted octanol–water partition coefficient (Wildman–Crippen LogP) is 5.39. The highest BCUT2D eigenvalue weighted by Gasteiger charge is 2.21. The molecule has 0 saturated carbocycles. The van der Waals surface area contributed by atoms with Gasteiger partial charge in [-0.3, -0.25) is 4.79 Å². The first-order valence-corrected chi connectivity index (χ1v) is 10.4. The summed E-state index contributed by atoms with van der Waals surface area (Å²) in [6, 6.07) is 23.2. The Hall–Kier alpha value is -3.29. The first kappa shape index (κ1) is 21.0. The molecule has 4 aromatic rings. The fourth-order valence-electron chi connectivity index (χ4n) is 2.85. The lowest BCUT2D eigenvalue weighted by Crippen LogP contribution is -2.15. The Kier molecular flexibility index (Phi) is 6.25. The van der Waals surface area contributed by atoms with Crippen molar-refractivity contribution in [3.8, 4) is 17.1 Å². The monoisotopic (exact) mass is 495 g/mol. The van der Waals surface area contributed by atoms with E-state index in [1.165, 1.54) is 0 Å². The maximum atomic E-state index is 12.6. The Morgan fingerprint density at radius 2 is 1.61 bits per heavy atom. The van der Waals surface area contributed by atoms with E-state index in [0.29, 0.717) is 16.4 Å². The lowest BCUT2D eigenvalue weighted by molar-refractivity contribution is 0.0462. The largest absolute Gasteiger partial charge is 0.451 e. The van der Waals surface area contributed by atoms with E-state index in [-0.39, 0.29) is 11.6 Å². The minimum absolute atomic E-state index is 0.134. The molecule has 0 spiro atoms. The van der Waals surface area contributed by atoms with Gasteiger partial charge in [0, 0.05) is 20.6 Å². The van der Waals surface area contributed by atoms with Crippen molar-refractivity contribution in [2.24, 2.45) is 0 Å². The topological polar surface area (TPSA) is 74.1 Å². The normalized spacial score (nSPS) is 10.6. The van der Waals surface area contributed by atoms with Gasteiger partial charge in [0.2, 0.25) is 0 Å². The maximum absolute atomic E-state index is 12.6. The number of halogens is 2. The second kappa shape index (κ2) is 9.24. The molecule has 0 unspecified atom stereocenters. The zero-order valence-electron chi connectivity index (χ0n) is 16.0. The van der Waals surface area contributed by atoms with Crippen molar-refractivity contribution in [2.45, 2.75) is 0 Å². The van der Waals surface area contributed by atoms with E-state index < -0.39 is 12.6 Å². The average molecular weight is 497 g/mol. The second-order valence-electron chi connectivity index (χ2n) is 6.52. The number of ether oxygens (including phenoxy) is 1. The van der Waals surface area contributed by atoms with Gasteiger partial charge < -0.3 is 4.74 Å². The van der Waals surface area contributed by atoms with Crippen LogP contribution in [0.4, 0.5) is 0 Å². The zero-order valence-corrected chi connectivity index (χ0v) is 18.4. The number of nitrogens with zero attached hydrogens (tertiary/aromatic N) is 3. The Morgan fingerprint density at radius 3 is 2.29 bits per heavy atom. The standard InChI is InChI=1S/C23H15BrClN3O3/c24-17-8-12-19(13-9-17)28-22(16-4-2-1-3-5-16)26-21(27-28)23(30)31-14-20(29)15-6-10-18(25)11-7-15/h1-13H,14H2. The SMILES string of the molecule is O=C(COC(=O)c1nc(-c2ccccc2)n(-c2ccc(Br)cc2)n1)c1ccc(Cl)cc1. The van der Waals surface area contributed by atoms with Crippen molar-refractivity contribution in [3.63, 3.8) is 0 Å². The molecule has 8 heteroatoms. The van der Waals surface area contributed by atoms with Gasteiger partial charge in [-0.1, -0.05) is 57.9 Å². The molecule has 0 N–H and O–H groups in total. The molecule has 0 fully saturated rings. The molecule has 1 heterocycles. The third kappa shape index (κ3) is 4.90. The number of carbonyl (C=O) groups is 2. The molecule has 1 aromatic heterocycles. The molecule has 154 valence electrons. The summed E-state index contributed by atoms with van der Waals surface area (Å²) >= 11 is 9.24. The molecule has 0 radical (unpaired) electrons. The van der Waals surface area contributed by atoms with Crippen molar-refractivity contribution in [1.29, 1.82) is 0 Å². The lowest BCUT2D eigenvalue weighted by Gasteiger charge is -2.05. The summed E-state index contributed by atoms with van der Waals surface area (Å²) in [5, 5.41) is 4.85. The van der Waals surface area contributed by atoms with Crippen LogP contribution in [-0.4, -0.2) is 33.1 Å². The van der Waals surface area contributed by atoms with E-state index in [9.17, 15) is 9.59 Å². The number of hydrogen-bond donors (Lipinski definition) is 0. The van der Waals surface area contributed by atoms with Gasteiger partial charge in [0.05, 0.1) is 5.69 Å². The molecule has 0 aliphatic carbocycles. The van der Waals surface area contributed by atoms with Gasteiger partial charge in [0.15, 0.2) is 18.2 Å². The van der Waals surface area contributed by atoms with Crippen LogP contribution in [-0.2, 0) is 4.74 Å². The van der Waals surface area contributed by atoms with E-state index in [4.69, 9.17) is 16.3 Å². The Morgan fingerprint density at radius 1 is 0.935 bits per heavy atom. The number of aromatic nitrogens is 3. The highest BCUT2D eigenvalue weighted by atomic mass is 79.9. The molecule has 31 heavy (non-hydrogen) atoms. The molecular weight excluding hydrogens is 482 g/mol. The summed E-state index contributed by atoms with van der Waals surface area (Å²) in [4.78, 5) is 29.2. The van der Waals surface area contributed by atoms with Crippen LogP contribution in [0.2, 0.25) is 5.02 Å². The molecule has 0 saturated heterocycles. The summed E-state index contributed by atoms with van der Waals surface area (Å²) < 4.78 is 7.65. The van der Waals surface area contributed by atoms with E-state index in [1.54, 1.807) is 28.9 Å². The smallest absolute Gasteiger partial charge is 0.378 e. The van der Waals surface area contributed by atoms with Crippen molar-refractivity contribution in [3.05, 3.63) is 99.7 Å². The molecule has 0 bridgehead atoms. The molecule has 0 amide bonds. The Labute approximate surface area is 191 Å². The van der Waals surface area contributed by atoms with E-state index in [0.717, 1.165) is 15.7 Å². The quantitative estimate of drug-likeness (QED) is 0.264. The van der Waals surface area contributed by atoms with Gasteiger partial charge in [0.25, 0.3) is 5.82 Å². The van der Waals surface area contributed by atoms with Gasteiger partial charge in [-0.05, 0) is 48.5 Å². The van der Waals surface area contributed by atoms with Crippen LogP contribution < -0.4 is 0 Å². The van der Waals surface area contributed by atoms with E-state index in [2.05, 4.69) is 26.0 Å². The number of Topliss-reactive ketones (excluding diaryl/α,β-unsaturated/α-hetero) is 1. The molecule has 4 rings (SSSR count). The number of benzene rings is 3. The first-order valence-electron chi connectivity index (χ1n) is 9.25. The van der Waals surface area contributed by atoms with Gasteiger partial charge in [-0.25, -0.2) is 14.5 Å². The minimum atomic E-state index is -0.782. The van der Waals surface area contributed by atoms with Crippen molar-refractivity contribution >= 4 is 39.3 Å². The minimum Gasteiger partial charge on any atom is -0.451 e. The molecule has 3 aromatic carbocycles. The molecular formula is C23H15BrClN3O3. The van der Waals surface area contributed by atoms with Crippen LogP contribution in [0.25, 0.3) is 17.1 Å². The summed E-state index contributed by atoms with van der Waals surface area (Å²) in [6.07, 6.45) is 0. The molecule has 6 nitrogen and oxygen atoms in total. The van der Waals surface area contributed by atoms with Gasteiger partial charge in [0.1, 0.15) is 0 Å². The van der Waals surface area contributed by atoms with Crippen LogP contribution >= 0.6 is 27.5 Å². The zero-order chi connectivity index (χ0) is 21.8. The summed E-state index contributed by atoms with van der Waals surface area (Å²) in [5.74, 6) is -0.777. The van der Waals surface area contributed by atoms with E-state index in [1.807, 2.05) is 54.6 Å². The summed E-state index contributed by atoms with van der Waals surface area (Å²) in [7, 11) is 0. The third-order valence-electron chi connectivity index (χ3n) is 4.39. The Balaban J connectivity index is 1.59. The van der Waals surface area contributed by atoms with Gasteiger partial charge in [-0.15, -0.1) is 5.10 Å². The predicted molar refractivity (Wildman–Crippen MR) is 121 cm³/mol. The van der Waals surface area contributed by atoms with Gasteiger partial charge >= 0.3 is 5.97 Å². The fourth-order valence-corrected chi connectivity index (χ4v) is 3.24. The van der Waals surface area contributed by atoms with Crippen LogP contribution in [0.15, 0.2) is 83.3 Å². The van der Waals surface area contributed by atoms with Crippen molar-refractivity contribution in [1.82, 2.24) is 14.8 Å². The average Bonchev–Trinajstić information content (AvgIpc) is 3.24. The highest BCUT2D eigenvalue weighted by Crippen LogP contribution is 2.22. The summed E-state index contributed by atoms with van der Waals surface area (Å²) in [5.41, 5.74) is 1.91. The van der Waals surface area contributed by atoms with E-state index >= 15 is 0 Å². The van der Waals surface area contributed by atoms with Crippen LogP contribution in [0.3, 0.4) is 0 Å². The fraction of sp³-hybridized carbons (Fsp3) is 0.0435. The van der Waals surface area contributed by atoms with Crippen LogP contribution in [0.5, 0.6) is 0 Å². The number of hydrogen-bond acceptors (Lipinski definition) is 5. The van der Waals surface area contributed by atoms with Gasteiger partial charge in [-0.2, -0.15) is 0 Å². The number of esters is 1. The number of ketones is 1. The highest BCUT2D eigenvalue weighted by molar-refractivity contribution is 9.10. The van der Waals surface area contributed by atoms with Crippen molar-refractivity contribution in [2.75, 3.05) is 6.61 Å². The number of carbonyl (C=O) groups excluding carboxylic acids is 2.